The summed E-state index contributed by atoms with van der Waals surface area (Å²) in [4.78, 5) is 22.9. The number of unbranched alkanes of at least 4 members (excludes halogenated alkanes) is 29. The number of quaternary nitrogens is 1. The molecule has 0 spiro atoms. The molecule has 2 unspecified atom stereocenters. The van der Waals surface area contributed by atoms with Crippen LogP contribution in [0.2, 0.25) is 0 Å². The normalized spacial score (nSPS) is 13.8. The van der Waals surface area contributed by atoms with Crippen molar-refractivity contribution in [3.63, 3.8) is 0 Å². The molecule has 1 N–H and O–H groups in total. The Hall–Kier alpha value is -1.02. The number of phosphoric acid groups is 1. The maximum atomic E-state index is 12.7. The Kier molecular flexibility index (Phi) is 42.9. The van der Waals surface area contributed by atoms with Crippen molar-refractivity contribution in [3.05, 3.63) is 24.3 Å². The van der Waals surface area contributed by atoms with Crippen molar-refractivity contribution < 1.29 is 37.3 Å². The number of nitrogens with zero attached hydrogens (tertiary/aromatic N) is 1. The SMILES string of the molecule is CCCCCCC/C=C\C/C=C\CCCCCCCCCCCCCCCCOCC(COP(=O)(O)OCC[N+](C)(C)C)OC(=O)CCCCCCCCCCCCC. The van der Waals surface area contributed by atoms with Crippen LogP contribution in [0.1, 0.15) is 232 Å². The molecule has 8 nitrogen and oxygen atoms in total. The molecule has 0 aromatic carbocycles. The summed E-state index contributed by atoms with van der Waals surface area (Å²) in [6.07, 6.45) is 50.9. The maximum absolute atomic E-state index is 12.7. The number of carbonyl (C=O) groups excluding carboxylic acids is 1. The zero-order valence-electron chi connectivity index (χ0n) is 39.8. The molecular weight excluding hydrogens is 758 g/mol. The molecule has 0 radical (unpaired) electrons. The first-order valence-electron chi connectivity index (χ1n) is 25.1. The van der Waals surface area contributed by atoms with Crippen LogP contribution in [0.25, 0.3) is 0 Å². The van der Waals surface area contributed by atoms with E-state index in [1.807, 2.05) is 21.1 Å². The summed E-state index contributed by atoms with van der Waals surface area (Å²) in [5.41, 5.74) is 0. The van der Waals surface area contributed by atoms with Gasteiger partial charge in [-0.25, -0.2) is 4.57 Å². The number of esters is 1. The van der Waals surface area contributed by atoms with Gasteiger partial charge in [-0.1, -0.05) is 205 Å². The predicted octanol–water partition coefficient (Wildman–Crippen LogP) is 15.2. The van der Waals surface area contributed by atoms with Crippen molar-refractivity contribution in [1.82, 2.24) is 0 Å². The fraction of sp³-hybridized carbons (Fsp3) is 0.900. The largest absolute Gasteiger partial charge is 0.472 e. The predicted molar refractivity (Wildman–Crippen MR) is 252 cm³/mol. The number of rotatable bonds is 47. The van der Waals surface area contributed by atoms with Gasteiger partial charge in [-0.3, -0.25) is 13.8 Å². The summed E-state index contributed by atoms with van der Waals surface area (Å²) in [6, 6.07) is 0. The number of hydrogen-bond acceptors (Lipinski definition) is 6. The van der Waals surface area contributed by atoms with E-state index >= 15 is 0 Å². The van der Waals surface area contributed by atoms with Crippen LogP contribution in [0.3, 0.4) is 0 Å². The molecule has 0 aliphatic carbocycles. The highest BCUT2D eigenvalue weighted by atomic mass is 31.2. The van der Waals surface area contributed by atoms with E-state index in [0.717, 1.165) is 38.5 Å². The number of likely N-dealkylation sites (N-methyl/N-ethyl adjacent to an activating group) is 1. The summed E-state index contributed by atoms with van der Waals surface area (Å²) < 4.78 is 35.1. The minimum absolute atomic E-state index is 0.0912. The van der Waals surface area contributed by atoms with Crippen molar-refractivity contribution in [2.24, 2.45) is 0 Å². The second kappa shape index (κ2) is 43.6. The van der Waals surface area contributed by atoms with Crippen LogP contribution in [0.5, 0.6) is 0 Å². The molecular formula is C50H99NO7P+. The third-order valence-electron chi connectivity index (χ3n) is 11.0. The zero-order chi connectivity index (χ0) is 43.4. The van der Waals surface area contributed by atoms with Gasteiger partial charge in [-0.2, -0.15) is 0 Å². The van der Waals surface area contributed by atoms with Crippen LogP contribution in [-0.4, -0.2) is 75.6 Å². The van der Waals surface area contributed by atoms with Gasteiger partial charge < -0.3 is 18.9 Å². The summed E-state index contributed by atoms with van der Waals surface area (Å²) in [7, 11) is 1.68. The van der Waals surface area contributed by atoms with E-state index in [1.165, 1.54) is 173 Å². The maximum Gasteiger partial charge on any atom is 0.472 e. The summed E-state index contributed by atoms with van der Waals surface area (Å²) in [6.45, 7) is 5.64. The average molecular weight is 857 g/mol. The molecule has 0 heterocycles. The average Bonchev–Trinajstić information content (AvgIpc) is 3.19. The molecule has 0 saturated heterocycles. The molecule has 0 aliphatic rings. The van der Waals surface area contributed by atoms with E-state index in [4.69, 9.17) is 18.5 Å². The second-order valence-corrected chi connectivity index (χ2v) is 19.7. The molecule has 0 fully saturated rings. The molecule has 0 saturated carbocycles. The Morgan fingerprint density at radius 1 is 0.525 bits per heavy atom. The van der Waals surface area contributed by atoms with Crippen LogP contribution >= 0.6 is 7.82 Å². The minimum Gasteiger partial charge on any atom is -0.457 e. The first kappa shape index (κ1) is 58.0. The molecule has 0 aliphatic heterocycles. The van der Waals surface area contributed by atoms with Gasteiger partial charge in [0, 0.05) is 13.0 Å². The smallest absolute Gasteiger partial charge is 0.457 e. The zero-order valence-corrected chi connectivity index (χ0v) is 40.6. The van der Waals surface area contributed by atoms with Gasteiger partial charge in [0.2, 0.25) is 0 Å². The van der Waals surface area contributed by atoms with Crippen molar-refractivity contribution >= 4 is 13.8 Å². The van der Waals surface area contributed by atoms with Crippen LogP contribution in [-0.2, 0) is 27.9 Å². The van der Waals surface area contributed by atoms with Gasteiger partial charge in [0.15, 0.2) is 0 Å². The van der Waals surface area contributed by atoms with E-state index in [0.29, 0.717) is 24.1 Å². The van der Waals surface area contributed by atoms with Gasteiger partial charge in [-0.05, 0) is 44.9 Å². The van der Waals surface area contributed by atoms with Gasteiger partial charge >= 0.3 is 13.8 Å². The number of allylic oxidation sites excluding steroid dienone is 4. The number of phosphoric ester groups is 1. The van der Waals surface area contributed by atoms with Crippen molar-refractivity contribution in [3.8, 4) is 0 Å². The Labute approximate surface area is 366 Å². The Bertz CT molecular complexity index is 998. The molecule has 0 aromatic heterocycles. The summed E-state index contributed by atoms with van der Waals surface area (Å²) >= 11 is 0. The fourth-order valence-corrected chi connectivity index (χ4v) is 7.86. The van der Waals surface area contributed by atoms with E-state index in [2.05, 4.69) is 38.2 Å². The van der Waals surface area contributed by atoms with E-state index in [-0.39, 0.29) is 25.8 Å². The van der Waals surface area contributed by atoms with Crippen LogP contribution in [0.4, 0.5) is 0 Å². The van der Waals surface area contributed by atoms with E-state index in [9.17, 15) is 14.3 Å². The quantitative estimate of drug-likeness (QED) is 0.0214. The summed E-state index contributed by atoms with van der Waals surface area (Å²) in [5.74, 6) is -0.312. The second-order valence-electron chi connectivity index (χ2n) is 18.2. The third-order valence-corrected chi connectivity index (χ3v) is 12.0. The monoisotopic (exact) mass is 857 g/mol. The minimum atomic E-state index is -4.27. The van der Waals surface area contributed by atoms with Crippen molar-refractivity contribution in [2.45, 2.75) is 238 Å². The Morgan fingerprint density at radius 3 is 1.37 bits per heavy atom. The number of carbonyl (C=O) groups is 1. The van der Waals surface area contributed by atoms with Gasteiger partial charge in [0.1, 0.15) is 19.3 Å². The molecule has 2 atom stereocenters. The van der Waals surface area contributed by atoms with Crippen molar-refractivity contribution in [2.75, 3.05) is 54.1 Å². The molecule has 0 bridgehead atoms. The van der Waals surface area contributed by atoms with Crippen molar-refractivity contribution in [1.29, 1.82) is 0 Å². The van der Waals surface area contributed by atoms with Gasteiger partial charge in [0.25, 0.3) is 0 Å². The Morgan fingerprint density at radius 2 is 0.932 bits per heavy atom. The highest BCUT2D eigenvalue weighted by molar-refractivity contribution is 7.47. The lowest BCUT2D eigenvalue weighted by molar-refractivity contribution is -0.870. The molecule has 0 amide bonds. The highest BCUT2D eigenvalue weighted by Crippen LogP contribution is 2.43. The molecule has 0 rings (SSSR count). The molecule has 9 heteroatoms. The first-order chi connectivity index (χ1) is 28.6. The van der Waals surface area contributed by atoms with Gasteiger partial charge in [-0.15, -0.1) is 0 Å². The molecule has 0 aromatic rings. The highest BCUT2D eigenvalue weighted by Gasteiger charge is 2.26. The Balaban J connectivity index is 4.00. The summed E-state index contributed by atoms with van der Waals surface area (Å²) in [5, 5.41) is 0. The number of hydrogen-bond donors (Lipinski definition) is 1. The number of ether oxygens (including phenoxy) is 2. The van der Waals surface area contributed by atoms with Crippen LogP contribution in [0, 0.1) is 0 Å². The molecule has 59 heavy (non-hydrogen) atoms. The lowest BCUT2D eigenvalue weighted by atomic mass is 10.0. The third kappa shape index (κ3) is 47.9. The van der Waals surface area contributed by atoms with E-state index < -0.39 is 13.9 Å². The van der Waals surface area contributed by atoms with Crippen LogP contribution in [0.15, 0.2) is 24.3 Å². The van der Waals surface area contributed by atoms with Gasteiger partial charge in [0.05, 0.1) is 34.4 Å². The molecule has 350 valence electrons. The standard InChI is InChI=1S/C50H98NO7P/c1-6-8-10-12-14-16-18-19-20-21-22-23-24-25-26-27-28-29-30-31-32-34-36-38-40-42-45-55-47-49(48-57-59(53,54)56-46-44-51(3,4)5)58-50(52)43-41-39-37-35-33-17-15-13-11-9-7-2/h18-19,21-22,49H,6-17,20,23-48H2,1-5H3/p+1/b19-18-,22-21-. The lowest BCUT2D eigenvalue weighted by Crippen LogP contribution is -2.37. The fourth-order valence-electron chi connectivity index (χ4n) is 7.11. The van der Waals surface area contributed by atoms with Crippen LogP contribution < -0.4 is 0 Å². The first-order valence-corrected chi connectivity index (χ1v) is 26.6. The van der Waals surface area contributed by atoms with E-state index in [1.54, 1.807) is 0 Å². The topological polar surface area (TPSA) is 91.3 Å². The lowest BCUT2D eigenvalue weighted by Gasteiger charge is -2.24.